The van der Waals surface area contributed by atoms with E-state index in [-0.39, 0.29) is 0 Å². The van der Waals surface area contributed by atoms with Crippen LogP contribution in [-0.4, -0.2) is 5.25 Å². The van der Waals surface area contributed by atoms with Crippen LogP contribution in [0.25, 0.3) is 0 Å². The van der Waals surface area contributed by atoms with Gasteiger partial charge in [0.05, 0.1) is 0 Å². The zero-order valence-electron chi connectivity index (χ0n) is 5.43. The minimum Gasteiger partial charge on any atom is -0.176 e. The predicted molar refractivity (Wildman–Crippen MR) is 40.4 cm³/mol. The SMILES string of the molecule is C[C@H]1CCC[C@H](S)C1. The molecule has 2 atom stereocenters. The van der Waals surface area contributed by atoms with Crippen LogP contribution in [0.4, 0.5) is 0 Å². The first-order valence-electron chi connectivity index (χ1n) is 3.47. The van der Waals surface area contributed by atoms with Crippen LogP contribution in [-0.2, 0) is 0 Å². The smallest absolute Gasteiger partial charge is 0.00193 e. The predicted octanol–water partition coefficient (Wildman–Crippen LogP) is 2.49. The van der Waals surface area contributed by atoms with Crippen molar-refractivity contribution >= 4 is 12.6 Å². The molecular formula is C7H14S. The van der Waals surface area contributed by atoms with E-state index in [9.17, 15) is 0 Å². The summed E-state index contributed by atoms with van der Waals surface area (Å²) < 4.78 is 0. The van der Waals surface area contributed by atoms with Gasteiger partial charge in [-0.3, -0.25) is 0 Å². The minimum atomic E-state index is 0.707. The second-order valence-electron chi connectivity index (χ2n) is 2.93. The first-order valence-corrected chi connectivity index (χ1v) is 3.98. The molecule has 0 N–H and O–H groups in total. The van der Waals surface area contributed by atoms with Crippen LogP contribution in [0, 0.1) is 5.92 Å². The summed E-state index contributed by atoms with van der Waals surface area (Å²) in [6, 6.07) is 0. The van der Waals surface area contributed by atoms with Crippen LogP contribution >= 0.6 is 12.6 Å². The van der Waals surface area contributed by atoms with Gasteiger partial charge in [-0.05, 0) is 18.8 Å². The fourth-order valence-corrected chi connectivity index (χ4v) is 1.94. The van der Waals surface area contributed by atoms with Gasteiger partial charge in [0, 0.05) is 5.25 Å². The Bertz CT molecular complexity index is 62.8. The van der Waals surface area contributed by atoms with Gasteiger partial charge in [-0.25, -0.2) is 0 Å². The van der Waals surface area contributed by atoms with Crippen LogP contribution in [0.5, 0.6) is 0 Å². The van der Waals surface area contributed by atoms with Gasteiger partial charge in [0.2, 0.25) is 0 Å². The molecule has 0 nitrogen and oxygen atoms in total. The first kappa shape index (κ1) is 6.47. The molecule has 0 spiro atoms. The van der Waals surface area contributed by atoms with Gasteiger partial charge in [-0.2, -0.15) is 12.6 Å². The van der Waals surface area contributed by atoms with E-state index >= 15 is 0 Å². The van der Waals surface area contributed by atoms with Crippen molar-refractivity contribution in [3.63, 3.8) is 0 Å². The lowest BCUT2D eigenvalue weighted by Crippen LogP contribution is -2.12. The molecule has 0 aromatic rings. The van der Waals surface area contributed by atoms with Gasteiger partial charge in [-0.1, -0.05) is 19.8 Å². The van der Waals surface area contributed by atoms with Crippen molar-refractivity contribution in [3.05, 3.63) is 0 Å². The third kappa shape index (κ3) is 1.70. The summed E-state index contributed by atoms with van der Waals surface area (Å²) in [7, 11) is 0. The van der Waals surface area contributed by atoms with E-state index in [1.807, 2.05) is 0 Å². The monoisotopic (exact) mass is 130 g/mol. The molecule has 1 fully saturated rings. The standard InChI is InChI=1S/C7H14S/c1-6-3-2-4-7(8)5-6/h6-8H,2-5H2,1H3/t6-,7-/m0/s1. The number of hydrogen-bond donors (Lipinski definition) is 1. The Morgan fingerprint density at radius 1 is 1.38 bits per heavy atom. The van der Waals surface area contributed by atoms with Gasteiger partial charge in [0.25, 0.3) is 0 Å². The second kappa shape index (κ2) is 2.77. The molecule has 1 saturated carbocycles. The lowest BCUT2D eigenvalue weighted by atomic mass is 9.91. The third-order valence-electron chi connectivity index (χ3n) is 1.91. The number of thiol groups is 1. The Morgan fingerprint density at radius 3 is 2.50 bits per heavy atom. The Hall–Kier alpha value is 0.350. The molecule has 1 aliphatic rings. The van der Waals surface area contributed by atoms with Gasteiger partial charge in [0.1, 0.15) is 0 Å². The van der Waals surface area contributed by atoms with E-state index in [0.717, 1.165) is 5.92 Å². The summed E-state index contributed by atoms with van der Waals surface area (Å²) in [5.74, 6) is 0.936. The number of rotatable bonds is 0. The van der Waals surface area contributed by atoms with Crippen molar-refractivity contribution in [2.75, 3.05) is 0 Å². The maximum absolute atomic E-state index is 4.42. The van der Waals surface area contributed by atoms with Crippen molar-refractivity contribution in [1.82, 2.24) is 0 Å². The van der Waals surface area contributed by atoms with Crippen molar-refractivity contribution in [2.45, 2.75) is 37.9 Å². The first-order chi connectivity index (χ1) is 3.79. The maximum Gasteiger partial charge on any atom is 0.00193 e. The highest BCUT2D eigenvalue weighted by Crippen LogP contribution is 2.26. The lowest BCUT2D eigenvalue weighted by molar-refractivity contribution is 0.395. The average Bonchev–Trinajstić information content (AvgIpc) is 1.64. The van der Waals surface area contributed by atoms with Crippen molar-refractivity contribution < 1.29 is 0 Å². The molecule has 0 radical (unpaired) electrons. The molecule has 0 bridgehead atoms. The van der Waals surface area contributed by atoms with E-state index < -0.39 is 0 Å². The summed E-state index contributed by atoms with van der Waals surface area (Å²) >= 11 is 4.42. The fourth-order valence-electron chi connectivity index (χ4n) is 1.40. The normalized spacial score (nSPS) is 39.8. The largest absolute Gasteiger partial charge is 0.176 e. The van der Waals surface area contributed by atoms with Gasteiger partial charge in [-0.15, -0.1) is 0 Å². The van der Waals surface area contributed by atoms with Crippen LogP contribution in [0.3, 0.4) is 0 Å². The van der Waals surface area contributed by atoms with Crippen molar-refractivity contribution in [2.24, 2.45) is 5.92 Å². The Balaban J connectivity index is 2.23. The molecule has 0 amide bonds. The minimum absolute atomic E-state index is 0.707. The van der Waals surface area contributed by atoms with E-state index in [2.05, 4.69) is 19.6 Å². The number of hydrogen-bond acceptors (Lipinski definition) is 1. The summed E-state index contributed by atoms with van der Waals surface area (Å²) in [6.07, 6.45) is 5.50. The highest BCUT2D eigenvalue weighted by molar-refractivity contribution is 7.80. The molecule has 0 unspecified atom stereocenters. The van der Waals surface area contributed by atoms with Crippen molar-refractivity contribution in [3.8, 4) is 0 Å². The molecule has 1 aliphatic carbocycles. The quantitative estimate of drug-likeness (QED) is 0.478. The average molecular weight is 130 g/mol. The Labute approximate surface area is 57.1 Å². The fraction of sp³-hybridized carbons (Fsp3) is 1.00. The van der Waals surface area contributed by atoms with Crippen LogP contribution in [0.1, 0.15) is 32.6 Å². The summed E-state index contributed by atoms with van der Waals surface area (Å²) in [6.45, 7) is 2.32. The Morgan fingerprint density at radius 2 is 2.12 bits per heavy atom. The zero-order chi connectivity index (χ0) is 5.98. The van der Waals surface area contributed by atoms with Crippen molar-refractivity contribution in [1.29, 1.82) is 0 Å². The molecule has 48 valence electrons. The van der Waals surface area contributed by atoms with E-state index in [1.54, 1.807) is 0 Å². The van der Waals surface area contributed by atoms with E-state index in [4.69, 9.17) is 0 Å². The lowest BCUT2D eigenvalue weighted by Gasteiger charge is -2.22. The third-order valence-corrected chi connectivity index (χ3v) is 2.38. The maximum atomic E-state index is 4.42. The van der Waals surface area contributed by atoms with Gasteiger partial charge in [0.15, 0.2) is 0 Å². The Kier molecular flexibility index (Phi) is 2.24. The molecule has 0 aromatic heterocycles. The molecule has 1 rings (SSSR count). The van der Waals surface area contributed by atoms with Gasteiger partial charge >= 0.3 is 0 Å². The van der Waals surface area contributed by atoms with E-state index in [0.29, 0.717) is 5.25 Å². The molecule has 0 aliphatic heterocycles. The van der Waals surface area contributed by atoms with Crippen LogP contribution in [0.2, 0.25) is 0 Å². The molecule has 0 saturated heterocycles. The molecule has 1 heteroatoms. The summed E-state index contributed by atoms with van der Waals surface area (Å²) in [5.41, 5.74) is 0. The second-order valence-corrected chi connectivity index (χ2v) is 3.66. The molecule has 0 aromatic carbocycles. The zero-order valence-corrected chi connectivity index (χ0v) is 6.32. The van der Waals surface area contributed by atoms with E-state index in [1.165, 1.54) is 25.7 Å². The summed E-state index contributed by atoms with van der Waals surface area (Å²) in [4.78, 5) is 0. The topological polar surface area (TPSA) is 0 Å². The molecule has 8 heavy (non-hydrogen) atoms. The molecular weight excluding hydrogens is 116 g/mol. The highest BCUT2D eigenvalue weighted by atomic mass is 32.1. The van der Waals surface area contributed by atoms with Gasteiger partial charge < -0.3 is 0 Å². The van der Waals surface area contributed by atoms with Crippen LogP contribution in [0.15, 0.2) is 0 Å². The molecule has 0 heterocycles. The van der Waals surface area contributed by atoms with Crippen LogP contribution < -0.4 is 0 Å². The summed E-state index contributed by atoms with van der Waals surface area (Å²) in [5, 5.41) is 0.707. The highest BCUT2D eigenvalue weighted by Gasteiger charge is 2.14.